The fourth-order valence-electron chi connectivity index (χ4n) is 6.52. The Hall–Kier alpha value is -3.99. The fourth-order valence-corrected chi connectivity index (χ4v) is 10.6. The van der Waals surface area contributed by atoms with Crippen molar-refractivity contribution in [3.05, 3.63) is 98.8 Å². The Kier molecular flexibility index (Phi) is 22.9. The van der Waals surface area contributed by atoms with E-state index in [0.717, 1.165) is 30.3 Å². The molecule has 66 heavy (non-hydrogen) atoms. The molecule has 366 valence electrons. The van der Waals surface area contributed by atoms with Gasteiger partial charge in [0.2, 0.25) is 0 Å². The topological polar surface area (TPSA) is 255 Å². The highest BCUT2D eigenvalue weighted by Crippen LogP contribution is 2.69. The highest BCUT2D eigenvalue weighted by atomic mass is 31.3. The van der Waals surface area contributed by atoms with Gasteiger partial charge in [-0.2, -0.15) is 8.62 Å². The third kappa shape index (κ3) is 20.5. The van der Waals surface area contributed by atoms with Gasteiger partial charge in [0.25, 0.3) is 5.56 Å². The van der Waals surface area contributed by atoms with Crippen molar-refractivity contribution in [3.8, 4) is 17.2 Å². The number of carbonyl (C=O) groups is 2. The van der Waals surface area contributed by atoms with Crippen LogP contribution in [-0.4, -0.2) is 44.0 Å². The van der Waals surface area contributed by atoms with E-state index in [9.17, 15) is 42.7 Å². The molecule has 22 heteroatoms. The van der Waals surface area contributed by atoms with Crippen molar-refractivity contribution >= 4 is 35.4 Å². The number of nitrogens with zero attached hydrogens (tertiary/aromatic N) is 1. The number of rotatable bonds is 32. The normalized spacial score (nSPS) is 17.4. The third-order valence-electron chi connectivity index (χ3n) is 10.1. The van der Waals surface area contributed by atoms with Gasteiger partial charge in [0.1, 0.15) is 23.4 Å². The fraction of sp³-hybridized carbons (Fsp3) is 0.545. The lowest BCUT2D eigenvalue weighted by Crippen LogP contribution is -2.33. The molecule has 5 atom stereocenters. The summed E-state index contributed by atoms with van der Waals surface area (Å²) in [6, 6.07) is 10.9. The molecule has 0 aliphatic carbocycles. The van der Waals surface area contributed by atoms with Gasteiger partial charge in [0.15, 0.2) is 6.23 Å². The lowest BCUT2D eigenvalue weighted by molar-refractivity contribution is -0.135. The predicted molar refractivity (Wildman–Crippen MR) is 244 cm³/mol. The Labute approximate surface area is 385 Å². The van der Waals surface area contributed by atoms with E-state index in [1.807, 2.05) is 6.92 Å². The molecule has 1 aliphatic rings. The summed E-state index contributed by atoms with van der Waals surface area (Å²) in [5, 5.41) is 0. The third-order valence-corrected chi connectivity index (χ3v) is 14.7. The molecule has 0 spiro atoms. The second-order valence-corrected chi connectivity index (χ2v) is 20.6. The van der Waals surface area contributed by atoms with Crippen molar-refractivity contribution in [1.29, 1.82) is 0 Å². The van der Waals surface area contributed by atoms with Crippen LogP contribution in [-0.2, 0) is 52.3 Å². The van der Waals surface area contributed by atoms with Crippen LogP contribution >= 0.6 is 23.5 Å². The van der Waals surface area contributed by atoms with Gasteiger partial charge in [-0.25, -0.2) is 18.5 Å². The van der Waals surface area contributed by atoms with Crippen LogP contribution in [0, 0.1) is 6.92 Å². The number of nitrogens with one attached hydrogen (secondary N) is 1. The lowest BCUT2D eigenvalue weighted by atomic mass is 10.0. The minimum atomic E-state index is -5.84. The molecule has 19 nitrogen and oxygen atoms in total. The number of carbonyl (C=O) groups excluding carboxylic acids is 2. The summed E-state index contributed by atoms with van der Waals surface area (Å²) in [5.41, 5.74) is -0.835. The molecule has 0 saturated carbocycles. The minimum absolute atomic E-state index is 0.136. The molecular weight excluding hydrogens is 921 g/mol. The van der Waals surface area contributed by atoms with Crippen LogP contribution < -0.4 is 25.2 Å². The number of aromatic nitrogens is 2. The number of ether oxygens (including phenoxy) is 3. The minimum Gasteiger partial charge on any atom is -0.427 e. The van der Waals surface area contributed by atoms with Crippen molar-refractivity contribution in [2.75, 3.05) is 6.61 Å². The van der Waals surface area contributed by atoms with E-state index in [4.69, 9.17) is 32.1 Å². The van der Waals surface area contributed by atoms with E-state index in [2.05, 4.69) is 16.2 Å². The Morgan fingerprint density at radius 2 is 1.18 bits per heavy atom. The van der Waals surface area contributed by atoms with Crippen molar-refractivity contribution in [2.24, 2.45) is 0 Å². The zero-order valence-corrected chi connectivity index (χ0v) is 40.4. The van der Waals surface area contributed by atoms with E-state index in [0.29, 0.717) is 18.4 Å². The molecule has 3 aromatic rings. The highest BCUT2D eigenvalue weighted by molar-refractivity contribution is 7.67. The number of phosphoric ester groups is 2. The first-order valence-electron chi connectivity index (χ1n) is 22.4. The molecule has 0 amide bonds. The molecule has 2 aromatic carbocycles. The average Bonchev–Trinajstić information content (AvgIpc) is 3.74. The quantitative estimate of drug-likeness (QED) is 0.0173. The van der Waals surface area contributed by atoms with E-state index < -0.39 is 72.2 Å². The Balaban J connectivity index is 1.32. The van der Waals surface area contributed by atoms with E-state index in [-0.39, 0.29) is 35.7 Å². The van der Waals surface area contributed by atoms with Crippen LogP contribution in [0.1, 0.15) is 140 Å². The number of hydrogen-bond acceptors (Lipinski definition) is 15. The van der Waals surface area contributed by atoms with Gasteiger partial charge in [0, 0.05) is 24.6 Å². The summed E-state index contributed by atoms with van der Waals surface area (Å²) in [4.78, 5) is 71.7. The number of H-pyrrole nitrogens is 1. The molecule has 1 aromatic heterocycles. The molecule has 3 unspecified atom stereocenters. The van der Waals surface area contributed by atoms with Crippen LogP contribution in [0.25, 0.3) is 0 Å². The van der Waals surface area contributed by atoms with Crippen LogP contribution in [0.2, 0.25) is 0 Å². The standard InChI is InChI=1S/C44H63N2O17P3/c1-4-6-8-9-10-11-12-13-14-15-16-17-18-20-42(48)60-37-25-27-38(28-26-37)61-66(55,57-32-35-21-23-36(24-22-35)59-41(47)19-7-5-2)63-65(53,54)62-64(51,52)56-33-39-29-30-40(58-39)46-31-34(3)43(49)45-44(46)50/h21-31,39-40H,4-20,32-33H2,1-3H3,(H,51,52)(H,53,54)(H,45,49,50)/t39-,40+,66?/m0/s1. The van der Waals surface area contributed by atoms with Crippen molar-refractivity contribution < 1.29 is 69.5 Å². The number of hydrogen-bond donors (Lipinski definition) is 3. The van der Waals surface area contributed by atoms with E-state index in [1.54, 1.807) is 0 Å². The Bertz CT molecular complexity index is 2280. The molecule has 0 bridgehead atoms. The van der Waals surface area contributed by atoms with Crippen LogP contribution in [0.15, 0.2) is 76.5 Å². The van der Waals surface area contributed by atoms with Crippen LogP contribution in [0.3, 0.4) is 0 Å². The molecule has 0 radical (unpaired) electrons. The summed E-state index contributed by atoms with van der Waals surface area (Å²) in [6.45, 7) is 4.32. The first-order valence-corrected chi connectivity index (χ1v) is 26.9. The first-order chi connectivity index (χ1) is 31.5. The summed E-state index contributed by atoms with van der Waals surface area (Å²) >= 11 is 0. The van der Waals surface area contributed by atoms with Crippen LogP contribution in [0.4, 0.5) is 0 Å². The lowest BCUT2D eigenvalue weighted by Gasteiger charge is -2.22. The number of benzene rings is 2. The molecule has 0 saturated heterocycles. The average molecular weight is 985 g/mol. The highest BCUT2D eigenvalue weighted by Gasteiger charge is 2.45. The SMILES string of the molecule is CCCCCCCCCCCCCCCC(=O)Oc1ccc(OP(=O)(OCc2ccc(OC(=O)CCCC)cc2)OP(=O)(O)OP(=O)(O)OC[C@@H]2C=C[C@H](n3cc(C)c(=O)[nH]c3=O)O2)cc1. The number of unbranched alkanes of at least 4 members (excludes halogenated alkanes) is 13. The van der Waals surface area contributed by atoms with Crippen LogP contribution in [0.5, 0.6) is 17.2 Å². The van der Waals surface area contributed by atoms with Crippen molar-refractivity contribution in [3.63, 3.8) is 0 Å². The summed E-state index contributed by atoms with van der Waals surface area (Å²) in [6.07, 6.45) is 19.1. The molecule has 2 heterocycles. The Morgan fingerprint density at radius 1 is 0.667 bits per heavy atom. The maximum absolute atomic E-state index is 14.0. The summed E-state index contributed by atoms with van der Waals surface area (Å²) in [7, 11) is -16.6. The summed E-state index contributed by atoms with van der Waals surface area (Å²) < 4.78 is 82.3. The molecule has 4 rings (SSSR count). The van der Waals surface area contributed by atoms with E-state index in [1.165, 1.54) is 132 Å². The molecule has 0 fully saturated rings. The van der Waals surface area contributed by atoms with Gasteiger partial charge in [-0.1, -0.05) is 116 Å². The largest absolute Gasteiger partial charge is 0.539 e. The maximum atomic E-state index is 14.0. The molecule has 1 aliphatic heterocycles. The monoisotopic (exact) mass is 984 g/mol. The van der Waals surface area contributed by atoms with E-state index >= 15 is 0 Å². The van der Waals surface area contributed by atoms with Gasteiger partial charge in [-0.15, -0.1) is 0 Å². The second kappa shape index (κ2) is 27.7. The first kappa shape index (κ1) is 54.6. The summed E-state index contributed by atoms with van der Waals surface area (Å²) in [5.74, 6) is -0.766. The number of esters is 2. The second-order valence-electron chi connectivity index (χ2n) is 15.8. The smallest absolute Gasteiger partial charge is 0.427 e. The van der Waals surface area contributed by atoms with Gasteiger partial charge in [0.05, 0.1) is 13.2 Å². The van der Waals surface area contributed by atoms with Gasteiger partial charge < -0.3 is 28.5 Å². The van der Waals surface area contributed by atoms with Crippen molar-refractivity contribution in [2.45, 2.75) is 149 Å². The number of aromatic amines is 1. The van der Waals surface area contributed by atoms with Crippen molar-refractivity contribution in [1.82, 2.24) is 9.55 Å². The Morgan fingerprint density at radius 3 is 1.76 bits per heavy atom. The number of aryl methyl sites for hydroxylation is 1. The maximum Gasteiger partial charge on any atom is 0.539 e. The zero-order valence-electron chi connectivity index (χ0n) is 37.7. The van der Waals surface area contributed by atoms with Gasteiger partial charge in [-0.3, -0.25) is 33.0 Å². The van der Waals surface area contributed by atoms with Gasteiger partial charge >= 0.3 is 41.1 Å². The molecular formula is C44H63N2O17P3. The number of phosphoric acid groups is 3. The molecule has 3 N–H and O–H groups in total. The predicted octanol–water partition coefficient (Wildman–Crippen LogP) is 10.4. The van der Waals surface area contributed by atoms with Gasteiger partial charge in [-0.05, 0) is 67.8 Å². The zero-order chi connectivity index (χ0) is 48.0.